The van der Waals surface area contributed by atoms with Crippen LogP contribution in [0, 0.1) is 0 Å². The van der Waals surface area contributed by atoms with Crippen molar-refractivity contribution in [2.45, 2.75) is 0 Å². The largest absolute Gasteiger partial charge is 0.328 e. The molecule has 2 aromatic heterocycles. The van der Waals surface area contributed by atoms with Crippen molar-refractivity contribution in [3.05, 3.63) is 50.6 Å². The molecule has 0 saturated carbocycles. The number of carbonyl (C=O) groups is 1. The second-order valence-corrected chi connectivity index (χ2v) is 4.00. The lowest BCUT2D eigenvalue weighted by atomic mass is 10.3. The molecule has 0 aliphatic rings. The minimum Gasteiger partial charge on any atom is -0.328 e. The topological polar surface area (TPSA) is 67.2 Å². The molecule has 82 valence electrons. The summed E-state index contributed by atoms with van der Waals surface area (Å²) in [6.45, 7) is 0. The minimum atomic E-state index is -0.528. The summed E-state index contributed by atoms with van der Waals surface area (Å²) in [4.78, 5) is 29.9. The molecule has 0 bridgehead atoms. The summed E-state index contributed by atoms with van der Waals surface area (Å²) in [5.41, 5.74) is -0.369. The van der Waals surface area contributed by atoms with Gasteiger partial charge < -0.3 is 9.55 Å². The third-order valence-corrected chi connectivity index (χ3v) is 2.85. The molecule has 0 radical (unpaired) electrons. The zero-order valence-corrected chi connectivity index (χ0v) is 9.32. The van der Waals surface area contributed by atoms with Gasteiger partial charge in [-0.15, -0.1) is 11.3 Å². The number of nitrogens with one attached hydrogen (secondary N) is 1. The number of nitrogens with zero attached hydrogens (tertiary/aromatic N) is 2. The van der Waals surface area contributed by atoms with Crippen LogP contribution in [0.4, 0.5) is 0 Å². The maximum atomic E-state index is 11.7. The van der Waals surface area contributed by atoms with E-state index in [1.54, 1.807) is 23.9 Å². The quantitative estimate of drug-likeness (QED) is 0.782. The van der Waals surface area contributed by atoms with Crippen LogP contribution < -0.4 is 10.4 Å². The highest BCUT2D eigenvalue weighted by atomic mass is 32.1. The lowest BCUT2D eigenvalue weighted by Crippen LogP contribution is -2.19. The first-order chi connectivity index (χ1) is 7.68. The second kappa shape index (κ2) is 4.28. The van der Waals surface area contributed by atoms with Crippen molar-refractivity contribution in [1.29, 1.82) is 0 Å². The highest BCUT2D eigenvalue weighted by Gasteiger charge is 2.07. The highest BCUT2D eigenvalue weighted by molar-refractivity contribution is 7.07. The summed E-state index contributed by atoms with van der Waals surface area (Å²) in [6, 6.07) is 3.05. The van der Waals surface area contributed by atoms with Gasteiger partial charge >= 0.3 is 0 Å². The van der Waals surface area contributed by atoms with Gasteiger partial charge in [-0.2, -0.15) is 4.99 Å². The van der Waals surface area contributed by atoms with Crippen LogP contribution in [0.1, 0.15) is 10.4 Å². The van der Waals surface area contributed by atoms with Gasteiger partial charge in [0, 0.05) is 24.8 Å². The molecule has 2 rings (SSSR count). The van der Waals surface area contributed by atoms with Crippen molar-refractivity contribution >= 4 is 17.2 Å². The fraction of sp³-hybridized carbons (Fsp3) is 0.100. The summed E-state index contributed by atoms with van der Waals surface area (Å²) in [7, 11) is 1.79. The van der Waals surface area contributed by atoms with Crippen LogP contribution in [0.25, 0.3) is 0 Å². The van der Waals surface area contributed by atoms with Gasteiger partial charge in [-0.25, -0.2) is 0 Å². The van der Waals surface area contributed by atoms with Gasteiger partial charge in [0.25, 0.3) is 11.5 Å². The zero-order chi connectivity index (χ0) is 11.5. The molecule has 2 heterocycles. The Morgan fingerprint density at radius 2 is 2.38 bits per heavy atom. The molecule has 0 spiro atoms. The van der Waals surface area contributed by atoms with Crippen molar-refractivity contribution in [3.63, 3.8) is 0 Å². The summed E-state index contributed by atoms with van der Waals surface area (Å²) in [6.07, 6.45) is 3.27. The highest BCUT2D eigenvalue weighted by Crippen LogP contribution is 1.93. The van der Waals surface area contributed by atoms with Gasteiger partial charge in [0.1, 0.15) is 5.56 Å². The van der Waals surface area contributed by atoms with E-state index in [0.717, 1.165) is 0 Å². The van der Waals surface area contributed by atoms with Crippen LogP contribution in [0.2, 0.25) is 0 Å². The monoisotopic (exact) mass is 235 g/mol. The summed E-state index contributed by atoms with van der Waals surface area (Å²) < 4.78 is 1.72. The molecule has 0 saturated heterocycles. The molecule has 1 N–H and O–H groups in total. The third-order valence-electron chi connectivity index (χ3n) is 2.01. The number of aromatic amines is 1. The lowest BCUT2D eigenvalue weighted by Gasteiger charge is -1.92. The van der Waals surface area contributed by atoms with Crippen molar-refractivity contribution in [1.82, 2.24) is 9.55 Å². The molecule has 0 fully saturated rings. The summed E-state index contributed by atoms with van der Waals surface area (Å²) in [5, 5.41) is 1.82. The number of carbonyl (C=O) groups excluding carboxylic acids is 1. The van der Waals surface area contributed by atoms with E-state index in [4.69, 9.17) is 0 Å². The zero-order valence-electron chi connectivity index (χ0n) is 8.51. The molecule has 5 nitrogen and oxygen atoms in total. The van der Waals surface area contributed by atoms with E-state index >= 15 is 0 Å². The molecule has 2 aromatic rings. The van der Waals surface area contributed by atoms with Crippen molar-refractivity contribution in [2.75, 3.05) is 0 Å². The van der Waals surface area contributed by atoms with Crippen LogP contribution in [-0.4, -0.2) is 15.5 Å². The fourth-order valence-electron chi connectivity index (χ4n) is 1.17. The maximum absolute atomic E-state index is 11.7. The first kappa shape index (κ1) is 10.6. The molecule has 0 unspecified atom stereocenters. The predicted molar refractivity (Wildman–Crippen MR) is 60.2 cm³/mol. The Morgan fingerprint density at radius 3 is 3.00 bits per heavy atom. The lowest BCUT2D eigenvalue weighted by molar-refractivity contribution is 0.0996. The van der Waals surface area contributed by atoms with Crippen LogP contribution in [0.3, 0.4) is 0 Å². The van der Waals surface area contributed by atoms with Gasteiger partial charge in [0.05, 0.1) is 0 Å². The molecule has 6 heteroatoms. The SMILES string of the molecule is Cn1ccsc1=NC(=O)c1ccc[nH]c1=O. The number of amides is 1. The normalized spacial score (nSPS) is 11.7. The second-order valence-electron chi connectivity index (χ2n) is 3.13. The summed E-state index contributed by atoms with van der Waals surface area (Å²) >= 11 is 1.34. The number of hydrogen-bond acceptors (Lipinski definition) is 3. The number of hydrogen-bond donors (Lipinski definition) is 1. The molecule has 0 aliphatic carbocycles. The minimum absolute atomic E-state index is 0.0518. The van der Waals surface area contributed by atoms with Gasteiger partial charge in [0.2, 0.25) is 0 Å². The van der Waals surface area contributed by atoms with Crippen LogP contribution >= 0.6 is 11.3 Å². The smallest absolute Gasteiger partial charge is 0.285 e. The van der Waals surface area contributed by atoms with Gasteiger partial charge in [-0.05, 0) is 12.1 Å². The molecule has 0 aliphatic heterocycles. The van der Waals surface area contributed by atoms with E-state index in [2.05, 4.69) is 9.98 Å². The molecular weight excluding hydrogens is 226 g/mol. The van der Waals surface area contributed by atoms with E-state index in [0.29, 0.717) is 4.80 Å². The van der Waals surface area contributed by atoms with E-state index in [9.17, 15) is 9.59 Å². The Bertz CT molecular complexity index is 636. The van der Waals surface area contributed by atoms with Crippen LogP contribution in [-0.2, 0) is 7.05 Å². The number of aromatic nitrogens is 2. The van der Waals surface area contributed by atoms with E-state index in [-0.39, 0.29) is 5.56 Å². The van der Waals surface area contributed by atoms with Gasteiger partial charge in [-0.1, -0.05) is 0 Å². The fourth-order valence-corrected chi connectivity index (χ4v) is 1.90. The van der Waals surface area contributed by atoms with Crippen molar-refractivity contribution in [2.24, 2.45) is 12.0 Å². The van der Waals surface area contributed by atoms with E-state index in [1.165, 1.54) is 23.6 Å². The Morgan fingerprint density at radius 1 is 1.56 bits per heavy atom. The molecule has 0 atom stereocenters. The molecular formula is C10H9N3O2S. The van der Waals surface area contributed by atoms with Gasteiger partial charge in [-0.3, -0.25) is 9.59 Å². The Kier molecular flexibility index (Phi) is 2.82. The summed E-state index contributed by atoms with van der Waals surface area (Å²) in [5.74, 6) is -0.528. The van der Waals surface area contributed by atoms with E-state index < -0.39 is 11.5 Å². The third kappa shape index (κ3) is 2.01. The molecule has 1 amide bonds. The van der Waals surface area contributed by atoms with Crippen molar-refractivity contribution < 1.29 is 4.79 Å². The Balaban J connectivity index is 2.47. The predicted octanol–water partition coefficient (Wildman–Crippen LogP) is 0.516. The maximum Gasteiger partial charge on any atom is 0.285 e. The van der Waals surface area contributed by atoms with Crippen molar-refractivity contribution in [3.8, 4) is 0 Å². The molecule has 0 aromatic carbocycles. The van der Waals surface area contributed by atoms with Gasteiger partial charge in [0.15, 0.2) is 4.80 Å². The van der Waals surface area contributed by atoms with E-state index in [1.807, 2.05) is 5.38 Å². The average Bonchev–Trinajstić information content (AvgIpc) is 2.65. The first-order valence-electron chi connectivity index (χ1n) is 4.55. The standard InChI is InChI=1S/C10H9N3O2S/c1-13-5-6-16-10(13)12-9(15)7-3-2-4-11-8(7)14/h2-6H,1H3,(H,11,14). The molecule has 16 heavy (non-hydrogen) atoms. The van der Waals surface area contributed by atoms with Crippen LogP contribution in [0.15, 0.2) is 39.7 Å². The number of thiazole rings is 1. The number of H-pyrrole nitrogens is 1. The number of pyridine rings is 1. The van der Waals surface area contributed by atoms with Crippen LogP contribution in [0.5, 0.6) is 0 Å². The Labute approximate surface area is 94.7 Å². The first-order valence-corrected chi connectivity index (χ1v) is 5.43. The number of rotatable bonds is 1. The number of aryl methyl sites for hydroxylation is 1. The average molecular weight is 235 g/mol. The Hall–Kier alpha value is -1.95.